The minimum Gasteiger partial charge on any atom is -0.346 e. The highest BCUT2D eigenvalue weighted by molar-refractivity contribution is 5.82. The van der Waals surface area contributed by atoms with Gasteiger partial charge in [-0.2, -0.15) is 0 Å². The van der Waals surface area contributed by atoms with Crippen molar-refractivity contribution in [3.63, 3.8) is 0 Å². The second kappa shape index (κ2) is 4.10. The third-order valence-corrected chi connectivity index (χ3v) is 3.30. The van der Waals surface area contributed by atoms with Crippen LogP contribution in [0.3, 0.4) is 0 Å². The molecule has 3 rings (SSSR count). The molecule has 0 saturated carbocycles. The van der Waals surface area contributed by atoms with Crippen LogP contribution in [0.15, 0.2) is 67.0 Å². The Balaban J connectivity index is 2.04. The lowest BCUT2D eigenvalue weighted by molar-refractivity contribution is 0.645. The molecule has 1 aromatic heterocycles. The number of hydrogen-bond acceptors (Lipinski definition) is 0. The largest absolute Gasteiger partial charge is 0.346 e. The summed E-state index contributed by atoms with van der Waals surface area (Å²) in [7, 11) is 0. The molecule has 1 heteroatoms. The molecule has 1 nitrogen and oxygen atoms in total. The van der Waals surface area contributed by atoms with E-state index in [9.17, 15) is 0 Å². The van der Waals surface area contributed by atoms with E-state index in [0.717, 1.165) is 0 Å². The topological polar surface area (TPSA) is 4.93 Å². The van der Waals surface area contributed by atoms with Crippen LogP contribution in [0.2, 0.25) is 0 Å². The number of rotatable bonds is 2. The summed E-state index contributed by atoms with van der Waals surface area (Å²) < 4.78 is 2.28. The molecular formula is C16H15N. The Morgan fingerprint density at radius 1 is 0.765 bits per heavy atom. The average Bonchev–Trinajstić information content (AvgIpc) is 2.82. The van der Waals surface area contributed by atoms with Gasteiger partial charge in [-0.1, -0.05) is 54.6 Å². The molecule has 84 valence electrons. The van der Waals surface area contributed by atoms with Gasteiger partial charge in [0.05, 0.1) is 6.04 Å². The van der Waals surface area contributed by atoms with Crippen molar-refractivity contribution in [2.24, 2.45) is 0 Å². The summed E-state index contributed by atoms with van der Waals surface area (Å²) in [5.74, 6) is 0. The Labute approximate surface area is 101 Å². The first-order chi connectivity index (χ1) is 8.34. The standard InChI is InChI=1S/C16H15N/c1-13(14-7-3-2-4-8-14)17-11-15-9-5-6-10-16(15)12-17/h2-13H,1H3. The number of fused-ring (bicyclic) bond motifs is 1. The molecule has 0 amide bonds. The molecule has 0 spiro atoms. The molecule has 0 saturated heterocycles. The first-order valence-corrected chi connectivity index (χ1v) is 5.96. The summed E-state index contributed by atoms with van der Waals surface area (Å²) in [4.78, 5) is 0. The first-order valence-electron chi connectivity index (χ1n) is 5.96. The lowest BCUT2D eigenvalue weighted by Gasteiger charge is -2.13. The van der Waals surface area contributed by atoms with Crippen molar-refractivity contribution in [2.45, 2.75) is 13.0 Å². The molecule has 0 radical (unpaired) electrons. The predicted molar refractivity (Wildman–Crippen MR) is 72.2 cm³/mol. The van der Waals surface area contributed by atoms with E-state index in [1.165, 1.54) is 16.3 Å². The van der Waals surface area contributed by atoms with Crippen molar-refractivity contribution in [3.05, 3.63) is 72.6 Å². The predicted octanol–water partition coefficient (Wildman–Crippen LogP) is 4.25. The molecule has 1 atom stereocenters. The summed E-state index contributed by atoms with van der Waals surface area (Å²) in [6.07, 6.45) is 4.43. The van der Waals surface area contributed by atoms with Crippen LogP contribution in [0.4, 0.5) is 0 Å². The zero-order valence-corrected chi connectivity index (χ0v) is 9.88. The summed E-state index contributed by atoms with van der Waals surface area (Å²) >= 11 is 0. The Kier molecular flexibility index (Phi) is 2.45. The lowest BCUT2D eigenvalue weighted by atomic mass is 10.1. The highest BCUT2D eigenvalue weighted by Gasteiger charge is 2.07. The number of benzene rings is 2. The molecular weight excluding hydrogens is 206 g/mol. The first kappa shape index (κ1) is 10.2. The van der Waals surface area contributed by atoms with Crippen LogP contribution >= 0.6 is 0 Å². The second-order valence-electron chi connectivity index (χ2n) is 4.42. The number of nitrogens with zero attached hydrogens (tertiary/aromatic N) is 1. The maximum atomic E-state index is 2.28. The second-order valence-corrected chi connectivity index (χ2v) is 4.42. The molecule has 3 aromatic rings. The van der Waals surface area contributed by atoms with Gasteiger partial charge in [0.2, 0.25) is 0 Å². The van der Waals surface area contributed by atoms with E-state index in [4.69, 9.17) is 0 Å². The van der Waals surface area contributed by atoms with E-state index in [0.29, 0.717) is 6.04 Å². The monoisotopic (exact) mass is 221 g/mol. The lowest BCUT2D eigenvalue weighted by Crippen LogP contribution is -2.03. The molecule has 0 aliphatic rings. The van der Waals surface area contributed by atoms with Crippen LogP contribution in [0.25, 0.3) is 10.8 Å². The van der Waals surface area contributed by atoms with E-state index >= 15 is 0 Å². The fourth-order valence-corrected chi connectivity index (χ4v) is 2.23. The fraction of sp³-hybridized carbons (Fsp3) is 0.125. The van der Waals surface area contributed by atoms with Crippen LogP contribution in [0.1, 0.15) is 18.5 Å². The van der Waals surface area contributed by atoms with Crippen molar-refractivity contribution in [2.75, 3.05) is 0 Å². The van der Waals surface area contributed by atoms with Gasteiger partial charge in [-0.15, -0.1) is 0 Å². The van der Waals surface area contributed by atoms with Crippen LogP contribution in [-0.2, 0) is 0 Å². The molecule has 0 N–H and O–H groups in total. The van der Waals surface area contributed by atoms with Gasteiger partial charge in [-0.25, -0.2) is 0 Å². The molecule has 0 aliphatic heterocycles. The minimum absolute atomic E-state index is 0.378. The zero-order valence-electron chi connectivity index (χ0n) is 9.88. The van der Waals surface area contributed by atoms with Crippen molar-refractivity contribution in [3.8, 4) is 0 Å². The van der Waals surface area contributed by atoms with Crippen molar-refractivity contribution >= 4 is 10.8 Å². The maximum Gasteiger partial charge on any atom is 0.0552 e. The quantitative estimate of drug-likeness (QED) is 0.609. The van der Waals surface area contributed by atoms with Gasteiger partial charge in [0, 0.05) is 12.4 Å². The van der Waals surface area contributed by atoms with Gasteiger partial charge in [-0.3, -0.25) is 0 Å². The van der Waals surface area contributed by atoms with E-state index in [-0.39, 0.29) is 0 Å². The minimum atomic E-state index is 0.378. The summed E-state index contributed by atoms with van der Waals surface area (Å²) in [6.45, 7) is 2.23. The van der Waals surface area contributed by atoms with Crippen LogP contribution in [-0.4, -0.2) is 4.57 Å². The molecule has 1 heterocycles. The molecule has 2 aromatic carbocycles. The molecule has 0 aliphatic carbocycles. The third kappa shape index (κ3) is 1.84. The SMILES string of the molecule is CC(c1ccccc1)n1cc2ccccc2c1. The smallest absolute Gasteiger partial charge is 0.0552 e. The van der Waals surface area contributed by atoms with Gasteiger partial charge in [-0.05, 0) is 23.3 Å². The van der Waals surface area contributed by atoms with Gasteiger partial charge in [0.15, 0.2) is 0 Å². The third-order valence-electron chi connectivity index (χ3n) is 3.30. The van der Waals surface area contributed by atoms with E-state index < -0.39 is 0 Å². The molecule has 0 bridgehead atoms. The van der Waals surface area contributed by atoms with E-state index in [2.05, 4.69) is 78.5 Å². The zero-order chi connectivity index (χ0) is 11.7. The van der Waals surface area contributed by atoms with Gasteiger partial charge >= 0.3 is 0 Å². The van der Waals surface area contributed by atoms with Gasteiger partial charge < -0.3 is 4.57 Å². The van der Waals surface area contributed by atoms with Crippen LogP contribution < -0.4 is 0 Å². The van der Waals surface area contributed by atoms with E-state index in [1.807, 2.05) is 0 Å². The van der Waals surface area contributed by atoms with Crippen LogP contribution in [0.5, 0.6) is 0 Å². The molecule has 17 heavy (non-hydrogen) atoms. The fourth-order valence-electron chi connectivity index (χ4n) is 2.23. The normalized spacial score (nSPS) is 12.8. The average molecular weight is 221 g/mol. The number of aromatic nitrogens is 1. The van der Waals surface area contributed by atoms with Gasteiger partial charge in [0.25, 0.3) is 0 Å². The highest BCUT2D eigenvalue weighted by atomic mass is 15.0. The Morgan fingerprint density at radius 2 is 1.29 bits per heavy atom. The number of hydrogen-bond donors (Lipinski definition) is 0. The maximum absolute atomic E-state index is 2.28. The Bertz CT molecular complexity index is 589. The van der Waals surface area contributed by atoms with Crippen LogP contribution in [0, 0.1) is 0 Å². The molecule has 1 unspecified atom stereocenters. The Morgan fingerprint density at radius 3 is 1.88 bits per heavy atom. The summed E-state index contributed by atoms with van der Waals surface area (Å²) in [6, 6.07) is 19.5. The molecule has 0 fully saturated rings. The van der Waals surface area contributed by atoms with Gasteiger partial charge in [0.1, 0.15) is 0 Å². The highest BCUT2D eigenvalue weighted by Crippen LogP contribution is 2.22. The Hall–Kier alpha value is -2.02. The van der Waals surface area contributed by atoms with Crippen molar-refractivity contribution in [1.29, 1.82) is 0 Å². The van der Waals surface area contributed by atoms with E-state index in [1.54, 1.807) is 0 Å². The van der Waals surface area contributed by atoms with Crippen molar-refractivity contribution < 1.29 is 0 Å². The van der Waals surface area contributed by atoms with Crippen molar-refractivity contribution in [1.82, 2.24) is 4.57 Å². The summed E-state index contributed by atoms with van der Waals surface area (Å²) in [5, 5.41) is 2.60. The summed E-state index contributed by atoms with van der Waals surface area (Å²) in [5.41, 5.74) is 1.34.